The van der Waals surface area contributed by atoms with Gasteiger partial charge in [0.25, 0.3) is 0 Å². The third kappa shape index (κ3) is 10.6. The Labute approximate surface area is 157 Å². The van der Waals surface area contributed by atoms with E-state index in [0.717, 1.165) is 12.8 Å². The maximum absolute atomic E-state index is 11.7. The summed E-state index contributed by atoms with van der Waals surface area (Å²) in [6.45, 7) is 2.68. The molecule has 0 heterocycles. The van der Waals surface area contributed by atoms with E-state index in [-0.39, 0.29) is 34.4 Å². The number of carbonyl (C=O) groups is 1. The van der Waals surface area contributed by atoms with Crippen molar-refractivity contribution in [3.05, 3.63) is 29.8 Å². The Bertz CT molecular complexity index is 421. The van der Waals surface area contributed by atoms with E-state index in [1.165, 1.54) is 57.4 Å². The van der Waals surface area contributed by atoms with Crippen LogP contribution >= 0.6 is 0 Å². The Balaban J connectivity index is 0.00000484. The number of rotatable bonds is 12. The average Bonchev–Trinajstić information content (AvgIpc) is 2.53. The molecule has 1 aromatic carbocycles. The number of aromatic hydroxyl groups is 1. The minimum absolute atomic E-state index is 0. The molecule has 1 N–H and O–H groups in total. The molecule has 1 rings (SSSR count). The second-order valence-electron chi connectivity index (χ2n) is 5.84. The molecule has 3 nitrogen and oxygen atoms in total. The van der Waals surface area contributed by atoms with E-state index in [9.17, 15) is 9.90 Å². The quantitative estimate of drug-likeness (QED) is 0.330. The molecule has 0 aliphatic rings. The van der Waals surface area contributed by atoms with E-state index >= 15 is 0 Å². The molecule has 0 aliphatic heterocycles. The van der Waals surface area contributed by atoms with Crippen LogP contribution in [0.5, 0.6) is 5.75 Å². The Morgan fingerprint density at radius 3 is 2.00 bits per heavy atom. The first kappa shape index (κ1) is 22.3. The fourth-order valence-corrected chi connectivity index (χ4v) is 2.48. The van der Waals surface area contributed by atoms with E-state index in [2.05, 4.69) is 6.92 Å². The first-order valence-electron chi connectivity index (χ1n) is 8.70. The topological polar surface area (TPSA) is 46.5 Å². The molecule has 124 valence electrons. The summed E-state index contributed by atoms with van der Waals surface area (Å²) in [6, 6.07) is 6.48. The molecule has 4 heteroatoms. The van der Waals surface area contributed by atoms with Crippen molar-refractivity contribution < 1.29 is 14.6 Å². The van der Waals surface area contributed by atoms with Crippen LogP contribution in [0.2, 0.25) is 0 Å². The molecule has 0 saturated heterocycles. The van der Waals surface area contributed by atoms with Crippen molar-refractivity contribution in [2.75, 3.05) is 6.61 Å². The normalized spacial score (nSPS) is 10.1. The summed E-state index contributed by atoms with van der Waals surface area (Å²) in [5, 5.41) is 9.56. The maximum atomic E-state index is 11.7. The molecule has 0 saturated carbocycles. The zero-order chi connectivity index (χ0) is 16.0. The summed E-state index contributed by atoms with van der Waals surface area (Å²) >= 11 is 0. The fraction of sp³-hybridized carbons (Fsp3) is 0.632. The Morgan fingerprint density at radius 1 is 0.913 bits per heavy atom. The van der Waals surface area contributed by atoms with E-state index in [1.54, 1.807) is 18.2 Å². The maximum Gasteiger partial charge on any atom is 2.00 e. The number of phenols is 1. The number of ether oxygens (including phenoxy) is 1. The fourth-order valence-electron chi connectivity index (χ4n) is 2.48. The van der Waals surface area contributed by atoms with Crippen LogP contribution in [0.25, 0.3) is 0 Å². The van der Waals surface area contributed by atoms with E-state index < -0.39 is 5.97 Å². The van der Waals surface area contributed by atoms with Crippen LogP contribution in [0.4, 0.5) is 0 Å². The van der Waals surface area contributed by atoms with Crippen molar-refractivity contribution in [3.8, 4) is 5.75 Å². The number of para-hydroxylation sites is 1. The molecule has 0 fully saturated rings. The molecular weight excluding hydrogens is 301 g/mol. The van der Waals surface area contributed by atoms with Gasteiger partial charge < -0.3 is 9.84 Å². The molecule has 0 bridgehead atoms. The van der Waals surface area contributed by atoms with E-state index in [0.29, 0.717) is 6.61 Å². The van der Waals surface area contributed by atoms with Crippen LogP contribution in [-0.4, -0.2) is 40.7 Å². The standard InChI is InChI=1S/C19H30O3.Mg/c1-2-3-4-5-6-7-8-9-10-13-16-22-19(21)17-14-11-12-15-18(17)20;/h11-12,14-15,20H,2-10,13,16H2,1H3;/q;+2. The Hall–Kier alpha value is -0.744. The molecule has 0 unspecified atom stereocenters. The summed E-state index contributed by atoms with van der Waals surface area (Å²) in [5.41, 5.74) is 0.245. The smallest absolute Gasteiger partial charge is 0.507 e. The van der Waals surface area contributed by atoms with Gasteiger partial charge in [-0.25, -0.2) is 4.79 Å². The number of carbonyl (C=O) groups excluding carboxylic acids is 1. The minimum atomic E-state index is -0.436. The van der Waals surface area contributed by atoms with Gasteiger partial charge in [0.15, 0.2) is 0 Å². The first-order chi connectivity index (χ1) is 10.8. The summed E-state index contributed by atoms with van der Waals surface area (Å²) < 4.78 is 5.18. The van der Waals surface area contributed by atoms with Crippen LogP contribution in [0.1, 0.15) is 81.5 Å². The van der Waals surface area contributed by atoms with Gasteiger partial charge in [0.1, 0.15) is 11.3 Å². The Morgan fingerprint density at radius 2 is 1.43 bits per heavy atom. The zero-order valence-electron chi connectivity index (χ0n) is 14.6. The van der Waals surface area contributed by atoms with E-state index in [4.69, 9.17) is 4.74 Å². The predicted octanol–water partition coefficient (Wildman–Crippen LogP) is 5.09. The van der Waals surface area contributed by atoms with Gasteiger partial charge in [-0.05, 0) is 18.6 Å². The van der Waals surface area contributed by atoms with Gasteiger partial charge in [0, 0.05) is 0 Å². The van der Waals surface area contributed by atoms with Gasteiger partial charge in [-0.2, -0.15) is 0 Å². The number of hydrogen-bond acceptors (Lipinski definition) is 3. The average molecular weight is 331 g/mol. The largest absolute Gasteiger partial charge is 2.00 e. The monoisotopic (exact) mass is 330 g/mol. The third-order valence-electron chi connectivity index (χ3n) is 3.86. The summed E-state index contributed by atoms with van der Waals surface area (Å²) in [7, 11) is 0. The van der Waals surface area contributed by atoms with Crippen molar-refractivity contribution in [1.29, 1.82) is 0 Å². The van der Waals surface area contributed by atoms with Crippen LogP contribution in [0, 0.1) is 0 Å². The van der Waals surface area contributed by atoms with Crippen LogP contribution in [-0.2, 0) is 4.74 Å². The van der Waals surface area contributed by atoms with Gasteiger partial charge in [-0.1, -0.05) is 76.8 Å². The first-order valence-corrected chi connectivity index (χ1v) is 8.70. The second-order valence-corrected chi connectivity index (χ2v) is 5.84. The van der Waals surface area contributed by atoms with Gasteiger partial charge >= 0.3 is 29.0 Å². The molecular formula is C19H30MgO3+2. The molecule has 23 heavy (non-hydrogen) atoms. The molecule has 0 spiro atoms. The Kier molecular flexibility index (Phi) is 14.3. The van der Waals surface area contributed by atoms with Gasteiger partial charge in [-0.3, -0.25) is 0 Å². The van der Waals surface area contributed by atoms with Crippen LogP contribution in [0.3, 0.4) is 0 Å². The van der Waals surface area contributed by atoms with Gasteiger partial charge in [0.05, 0.1) is 6.61 Å². The summed E-state index contributed by atoms with van der Waals surface area (Å²) in [6.07, 6.45) is 12.6. The second kappa shape index (κ2) is 14.8. The van der Waals surface area contributed by atoms with Crippen LogP contribution < -0.4 is 0 Å². The van der Waals surface area contributed by atoms with Gasteiger partial charge in [0.2, 0.25) is 0 Å². The molecule has 0 amide bonds. The van der Waals surface area contributed by atoms with Crippen molar-refractivity contribution in [1.82, 2.24) is 0 Å². The van der Waals surface area contributed by atoms with E-state index in [1.807, 2.05) is 0 Å². The predicted molar refractivity (Wildman–Crippen MR) is 96.0 cm³/mol. The van der Waals surface area contributed by atoms with Gasteiger partial charge in [-0.15, -0.1) is 0 Å². The molecule has 0 aromatic heterocycles. The van der Waals surface area contributed by atoms with Crippen molar-refractivity contribution in [2.45, 2.75) is 71.1 Å². The number of hydrogen-bond donors (Lipinski definition) is 1. The zero-order valence-corrected chi connectivity index (χ0v) is 16.0. The number of benzene rings is 1. The van der Waals surface area contributed by atoms with Crippen molar-refractivity contribution in [2.24, 2.45) is 0 Å². The summed E-state index contributed by atoms with van der Waals surface area (Å²) in [4.78, 5) is 11.7. The number of phenolic OH excluding ortho intramolecular Hbond substituents is 1. The third-order valence-corrected chi connectivity index (χ3v) is 3.86. The molecule has 0 aliphatic carbocycles. The minimum Gasteiger partial charge on any atom is -0.507 e. The van der Waals surface area contributed by atoms with Crippen molar-refractivity contribution >= 4 is 29.0 Å². The number of esters is 1. The van der Waals surface area contributed by atoms with Crippen LogP contribution in [0.15, 0.2) is 24.3 Å². The molecule has 0 atom stereocenters. The molecule has 1 aromatic rings. The number of unbranched alkanes of at least 4 members (excludes halogenated alkanes) is 9. The van der Waals surface area contributed by atoms with Crippen molar-refractivity contribution in [3.63, 3.8) is 0 Å². The summed E-state index contributed by atoms with van der Waals surface area (Å²) in [5.74, 6) is -0.454. The SMILES string of the molecule is CCCCCCCCCCCCOC(=O)c1ccccc1O.[Mg+2]. The molecule has 0 radical (unpaired) electrons.